The van der Waals surface area contributed by atoms with Crippen molar-refractivity contribution < 1.29 is 4.48 Å². The van der Waals surface area contributed by atoms with Gasteiger partial charge in [0.2, 0.25) is 0 Å². The zero-order chi connectivity index (χ0) is 21.9. The van der Waals surface area contributed by atoms with Crippen LogP contribution in [-0.2, 0) is 0 Å². The third-order valence-corrected chi connectivity index (χ3v) is 6.34. The SMILES string of the molecule is CCCCCCCCCCCCCCCCCC[N+](C)(C)C=Cc1ccc(C)cc1. The van der Waals surface area contributed by atoms with Gasteiger partial charge in [-0.05, 0) is 31.4 Å². The molecule has 0 fully saturated rings. The van der Waals surface area contributed by atoms with Crippen LogP contribution in [0.2, 0.25) is 0 Å². The Morgan fingerprint density at radius 1 is 0.600 bits per heavy atom. The van der Waals surface area contributed by atoms with E-state index in [1.54, 1.807) is 0 Å². The van der Waals surface area contributed by atoms with Gasteiger partial charge in [0.15, 0.2) is 0 Å². The zero-order valence-electron chi connectivity index (χ0n) is 20.9. The van der Waals surface area contributed by atoms with Crippen molar-refractivity contribution in [3.63, 3.8) is 0 Å². The molecule has 0 saturated heterocycles. The number of hydrogen-bond donors (Lipinski definition) is 0. The molecule has 1 nitrogen and oxygen atoms in total. The molecule has 1 heteroatoms. The molecule has 1 aromatic carbocycles. The van der Waals surface area contributed by atoms with E-state index in [1.165, 1.54) is 120 Å². The first-order valence-corrected chi connectivity index (χ1v) is 13.1. The summed E-state index contributed by atoms with van der Waals surface area (Å²) in [6, 6.07) is 8.80. The summed E-state index contributed by atoms with van der Waals surface area (Å²) in [5, 5.41) is 0. The van der Waals surface area contributed by atoms with Crippen LogP contribution >= 0.6 is 0 Å². The molecule has 0 aliphatic rings. The highest BCUT2D eigenvalue weighted by molar-refractivity contribution is 5.48. The van der Waals surface area contributed by atoms with Gasteiger partial charge >= 0.3 is 0 Å². The van der Waals surface area contributed by atoms with Crippen LogP contribution in [-0.4, -0.2) is 25.1 Å². The van der Waals surface area contributed by atoms with Crippen molar-refractivity contribution in [1.82, 2.24) is 0 Å². The first-order chi connectivity index (χ1) is 14.5. The summed E-state index contributed by atoms with van der Waals surface area (Å²) in [5.74, 6) is 0. The highest BCUT2D eigenvalue weighted by Gasteiger charge is 2.10. The Hall–Kier alpha value is -1.08. The predicted octanol–water partition coefficient (Wildman–Crippen LogP) is 9.30. The lowest BCUT2D eigenvalue weighted by molar-refractivity contribution is -0.838. The monoisotopic (exact) mass is 414 g/mol. The molecule has 0 aromatic heterocycles. The van der Waals surface area contributed by atoms with Crippen molar-refractivity contribution in [1.29, 1.82) is 0 Å². The molecule has 30 heavy (non-hydrogen) atoms. The topological polar surface area (TPSA) is 0 Å². The fraction of sp³-hybridized carbons (Fsp3) is 0.724. The van der Waals surface area contributed by atoms with Gasteiger partial charge in [-0.15, -0.1) is 0 Å². The Morgan fingerprint density at radius 3 is 1.43 bits per heavy atom. The third kappa shape index (κ3) is 15.7. The summed E-state index contributed by atoms with van der Waals surface area (Å²) in [4.78, 5) is 0. The van der Waals surface area contributed by atoms with Crippen molar-refractivity contribution in [3.05, 3.63) is 41.6 Å². The first-order valence-electron chi connectivity index (χ1n) is 13.1. The van der Waals surface area contributed by atoms with Crippen LogP contribution in [0, 0.1) is 6.92 Å². The quantitative estimate of drug-likeness (QED) is 0.156. The molecule has 0 bridgehead atoms. The average Bonchev–Trinajstić information content (AvgIpc) is 2.73. The Bertz CT molecular complexity index is 526. The lowest BCUT2D eigenvalue weighted by Crippen LogP contribution is -2.34. The molecule has 0 heterocycles. The largest absolute Gasteiger partial charge is 0.302 e. The molecule has 0 aliphatic heterocycles. The molecule has 0 amide bonds. The number of aryl methyl sites for hydroxylation is 1. The van der Waals surface area contributed by atoms with Crippen molar-refractivity contribution in [2.45, 2.75) is 117 Å². The van der Waals surface area contributed by atoms with E-state index in [1.807, 2.05) is 0 Å². The maximum absolute atomic E-state index is 2.34. The van der Waals surface area contributed by atoms with Crippen LogP contribution in [0.1, 0.15) is 121 Å². The molecular weight excluding hydrogens is 362 g/mol. The Kier molecular flexibility index (Phi) is 15.8. The van der Waals surface area contributed by atoms with Crippen molar-refractivity contribution in [3.8, 4) is 0 Å². The van der Waals surface area contributed by atoms with Crippen molar-refractivity contribution in [2.75, 3.05) is 20.6 Å². The summed E-state index contributed by atoms with van der Waals surface area (Å²) < 4.78 is 0.979. The number of hydrogen-bond acceptors (Lipinski definition) is 0. The summed E-state index contributed by atoms with van der Waals surface area (Å²) >= 11 is 0. The Labute approximate surface area is 189 Å². The van der Waals surface area contributed by atoms with Crippen LogP contribution in [0.5, 0.6) is 0 Å². The molecule has 0 spiro atoms. The minimum atomic E-state index is 0.979. The lowest BCUT2D eigenvalue weighted by Gasteiger charge is -2.25. The van der Waals surface area contributed by atoms with Gasteiger partial charge in [-0.3, -0.25) is 0 Å². The van der Waals surface area contributed by atoms with E-state index in [9.17, 15) is 0 Å². The van der Waals surface area contributed by atoms with Gasteiger partial charge in [-0.2, -0.15) is 0 Å². The second-order valence-corrected chi connectivity index (χ2v) is 10.0. The standard InChI is InChI=1S/C29H52N/c1-5-6-7-8-9-10-11-12-13-14-15-16-17-18-19-20-26-30(3,4)27-25-29-23-21-28(2)22-24-29/h21-25,27H,5-20,26H2,1-4H3/q+1. The predicted molar refractivity (Wildman–Crippen MR) is 137 cm³/mol. The van der Waals surface area contributed by atoms with Gasteiger partial charge in [0, 0.05) is 0 Å². The van der Waals surface area contributed by atoms with Gasteiger partial charge in [0.05, 0.1) is 26.8 Å². The number of benzene rings is 1. The number of nitrogens with zero attached hydrogens (tertiary/aromatic N) is 1. The summed E-state index contributed by atoms with van der Waals surface area (Å²) in [6.45, 7) is 5.68. The van der Waals surface area contributed by atoms with Crippen LogP contribution in [0.25, 0.3) is 6.08 Å². The fourth-order valence-corrected chi connectivity index (χ4v) is 4.11. The highest BCUT2D eigenvalue weighted by atomic mass is 15.3. The minimum Gasteiger partial charge on any atom is -0.302 e. The maximum Gasteiger partial charge on any atom is 0.0960 e. The minimum absolute atomic E-state index is 0.979. The lowest BCUT2D eigenvalue weighted by atomic mass is 10.0. The van der Waals surface area contributed by atoms with E-state index in [0.717, 1.165) is 4.48 Å². The molecule has 0 atom stereocenters. The second kappa shape index (κ2) is 17.6. The number of quaternary nitrogens is 1. The van der Waals surface area contributed by atoms with Crippen LogP contribution in [0.4, 0.5) is 0 Å². The van der Waals surface area contributed by atoms with Gasteiger partial charge in [-0.25, -0.2) is 0 Å². The van der Waals surface area contributed by atoms with Crippen molar-refractivity contribution in [2.24, 2.45) is 0 Å². The van der Waals surface area contributed by atoms with Crippen LogP contribution in [0.3, 0.4) is 0 Å². The molecule has 1 aromatic rings. The molecule has 0 radical (unpaired) electrons. The molecule has 0 saturated carbocycles. The fourth-order valence-electron chi connectivity index (χ4n) is 4.11. The maximum atomic E-state index is 2.34. The van der Waals surface area contributed by atoms with Gasteiger partial charge in [-0.1, -0.05) is 127 Å². The van der Waals surface area contributed by atoms with E-state index in [4.69, 9.17) is 0 Å². The highest BCUT2D eigenvalue weighted by Crippen LogP contribution is 2.15. The first kappa shape index (κ1) is 27.0. The average molecular weight is 415 g/mol. The summed E-state index contributed by atoms with van der Waals surface area (Å²) in [6.07, 6.45) is 27.6. The summed E-state index contributed by atoms with van der Waals surface area (Å²) in [5.41, 5.74) is 2.63. The number of unbranched alkanes of at least 4 members (excludes halogenated alkanes) is 15. The van der Waals surface area contributed by atoms with E-state index in [0.29, 0.717) is 0 Å². The molecular formula is C29H52N+. The summed E-state index contributed by atoms with van der Waals surface area (Å²) in [7, 11) is 4.63. The second-order valence-electron chi connectivity index (χ2n) is 10.0. The van der Waals surface area contributed by atoms with Gasteiger partial charge in [0.25, 0.3) is 0 Å². The molecule has 0 unspecified atom stereocenters. The van der Waals surface area contributed by atoms with Crippen LogP contribution < -0.4 is 0 Å². The van der Waals surface area contributed by atoms with E-state index < -0.39 is 0 Å². The van der Waals surface area contributed by atoms with E-state index >= 15 is 0 Å². The number of rotatable bonds is 19. The normalized spacial score (nSPS) is 12.1. The zero-order valence-corrected chi connectivity index (χ0v) is 20.9. The molecule has 0 N–H and O–H groups in total. The Morgan fingerprint density at radius 2 is 1.00 bits per heavy atom. The van der Waals surface area contributed by atoms with Crippen molar-refractivity contribution >= 4 is 6.08 Å². The molecule has 172 valence electrons. The smallest absolute Gasteiger partial charge is 0.0960 e. The van der Waals surface area contributed by atoms with E-state index in [2.05, 4.69) is 64.5 Å². The third-order valence-electron chi connectivity index (χ3n) is 6.34. The molecule has 0 aliphatic carbocycles. The van der Waals surface area contributed by atoms with Crippen LogP contribution in [0.15, 0.2) is 30.5 Å². The van der Waals surface area contributed by atoms with E-state index in [-0.39, 0.29) is 0 Å². The Balaban J connectivity index is 1.90. The molecule has 1 rings (SSSR count). The van der Waals surface area contributed by atoms with Gasteiger partial charge < -0.3 is 4.48 Å². The van der Waals surface area contributed by atoms with Gasteiger partial charge in [0.1, 0.15) is 0 Å².